The molecule has 0 spiro atoms. The molecule has 2 aromatic heterocycles. The summed E-state index contributed by atoms with van der Waals surface area (Å²) in [5.41, 5.74) is 0. The van der Waals surface area contributed by atoms with Crippen molar-refractivity contribution in [3.05, 3.63) is 11.9 Å². The lowest BCUT2D eigenvalue weighted by Gasteiger charge is -2.33. The Labute approximate surface area is 173 Å². The zero-order valence-corrected chi connectivity index (χ0v) is 17.6. The van der Waals surface area contributed by atoms with Gasteiger partial charge in [-0.2, -0.15) is 14.5 Å². The van der Waals surface area contributed by atoms with E-state index in [0.29, 0.717) is 17.7 Å². The molecule has 3 aliphatic rings. The van der Waals surface area contributed by atoms with Gasteiger partial charge in [-0.25, -0.2) is 0 Å². The Kier molecular flexibility index (Phi) is 5.57. The highest BCUT2D eigenvalue weighted by Gasteiger charge is 2.25. The van der Waals surface area contributed by atoms with Crippen LogP contribution in [0.15, 0.2) is 6.07 Å². The van der Waals surface area contributed by atoms with Crippen molar-refractivity contribution in [2.45, 2.75) is 89.2 Å². The summed E-state index contributed by atoms with van der Waals surface area (Å²) in [5.74, 6) is 3.91. The molecule has 2 saturated carbocycles. The summed E-state index contributed by atoms with van der Waals surface area (Å²) >= 11 is 0. The van der Waals surface area contributed by atoms with E-state index in [0.717, 1.165) is 50.0 Å². The molecule has 158 valence electrons. The second-order valence-electron chi connectivity index (χ2n) is 9.15. The van der Waals surface area contributed by atoms with Crippen LogP contribution in [-0.2, 0) is 0 Å². The van der Waals surface area contributed by atoms with Gasteiger partial charge in [-0.15, -0.1) is 5.10 Å². The molecule has 1 N–H and O–H groups in total. The monoisotopic (exact) mass is 398 g/mol. The lowest BCUT2D eigenvalue weighted by atomic mass is 9.89. The molecule has 3 heterocycles. The average Bonchev–Trinajstić information content (AvgIpc) is 3.20. The largest absolute Gasteiger partial charge is 0.474 e. The predicted octanol–water partition coefficient (Wildman–Crippen LogP) is 3.68. The molecule has 1 aliphatic heterocycles. The predicted molar refractivity (Wildman–Crippen MR) is 114 cm³/mol. The lowest BCUT2D eigenvalue weighted by molar-refractivity contribution is 0.145. The SMILES string of the molecule is CC1CN(c2cc(OC3CCCCC3)n3nc(C4CCCCC4)nc3n2)CCN1. The number of fused-ring (bicyclic) bond motifs is 1. The molecule has 5 rings (SSSR count). The fourth-order valence-corrected chi connectivity index (χ4v) is 5.12. The molecule has 1 atom stereocenters. The highest BCUT2D eigenvalue weighted by Crippen LogP contribution is 2.32. The van der Waals surface area contributed by atoms with Gasteiger partial charge >= 0.3 is 0 Å². The second-order valence-corrected chi connectivity index (χ2v) is 9.15. The van der Waals surface area contributed by atoms with Gasteiger partial charge in [0.1, 0.15) is 11.9 Å². The third kappa shape index (κ3) is 4.20. The molecule has 7 nitrogen and oxygen atoms in total. The van der Waals surface area contributed by atoms with Crippen molar-refractivity contribution in [2.24, 2.45) is 0 Å². The molecule has 2 aromatic rings. The Bertz CT molecular complexity index is 824. The minimum absolute atomic E-state index is 0.284. The molecular weight excluding hydrogens is 364 g/mol. The van der Waals surface area contributed by atoms with Gasteiger partial charge in [0.2, 0.25) is 5.88 Å². The van der Waals surface area contributed by atoms with Crippen LogP contribution in [0.3, 0.4) is 0 Å². The van der Waals surface area contributed by atoms with Crippen LogP contribution >= 0.6 is 0 Å². The lowest BCUT2D eigenvalue weighted by Crippen LogP contribution is -2.49. The molecule has 1 unspecified atom stereocenters. The van der Waals surface area contributed by atoms with Crippen LogP contribution in [0.2, 0.25) is 0 Å². The average molecular weight is 399 g/mol. The first kappa shape index (κ1) is 19.1. The van der Waals surface area contributed by atoms with E-state index < -0.39 is 0 Å². The van der Waals surface area contributed by atoms with Crippen molar-refractivity contribution in [2.75, 3.05) is 24.5 Å². The van der Waals surface area contributed by atoms with Gasteiger partial charge in [0.25, 0.3) is 5.78 Å². The third-order valence-electron chi connectivity index (χ3n) is 6.79. The van der Waals surface area contributed by atoms with Gasteiger partial charge in [-0.1, -0.05) is 25.7 Å². The number of aromatic nitrogens is 4. The fourth-order valence-electron chi connectivity index (χ4n) is 5.12. The fraction of sp³-hybridized carbons (Fsp3) is 0.773. The smallest absolute Gasteiger partial charge is 0.257 e. The minimum atomic E-state index is 0.284. The molecule has 29 heavy (non-hydrogen) atoms. The van der Waals surface area contributed by atoms with Gasteiger partial charge < -0.3 is 15.0 Å². The number of nitrogens with zero attached hydrogens (tertiary/aromatic N) is 5. The van der Waals surface area contributed by atoms with E-state index in [4.69, 9.17) is 19.8 Å². The van der Waals surface area contributed by atoms with Crippen LogP contribution in [0.1, 0.15) is 82.9 Å². The van der Waals surface area contributed by atoms with Crippen LogP contribution < -0.4 is 15.0 Å². The number of piperazine rings is 1. The van der Waals surface area contributed by atoms with Crippen LogP contribution in [0.5, 0.6) is 5.88 Å². The molecule has 0 amide bonds. The van der Waals surface area contributed by atoms with Crippen molar-refractivity contribution in [3.8, 4) is 5.88 Å². The summed E-state index contributed by atoms with van der Waals surface area (Å²) < 4.78 is 8.37. The highest BCUT2D eigenvalue weighted by atomic mass is 16.5. The molecule has 0 bridgehead atoms. The summed E-state index contributed by atoms with van der Waals surface area (Å²) in [4.78, 5) is 12.1. The first-order chi connectivity index (χ1) is 14.3. The molecule has 0 aromatic carbocycles. The first-order valence-electron chi connectivity index (χ1n) is 11.7. The highest BCUT2D eigenvalue weighted by molar-refractivity contribution is 5.49. The molecule has 1 saturated heterocycles. The van der Waals surface area contributed by atoms with Gasteiger partial charge in [-0.05, 0) is 45.4 Å². The maximum atomic E-state index is 6.51. The van der Waals surface area contributed by atoms with E-state index in [1.165, 1.54) is 51.4 Å². The number of rotatable bonds is 4. The van der Waals surface area contributed by atoms with Crippen molar-refractivity contribution in [1.29, 1.82) is 0 Å². The number of hydrogen-bond donors (Lipinski definition) is 1. The molecule has 0 radical (unpaired) electrons. The van der Waals surface area contributed by atoms with Gasteiger partial charge in [0, 0.05) is 37.7 Å². The Morgan fingerprint density at radius 2 is 1.76 bits per heavy atom. The number of nitrogens with one attached hydrogen (secondary N) is 1. The molecule has 2 aliphatic carbocycles. The van der Waals surface area contributed by atoms with E-state index in [-0.39, 0.29) is 6.10 Å². The Morgan fingerprint density at radius 1 is 1.00 bits per heavy atom. The quantitative estimate of drug-likeness (QED) is 0.847. The van der Waals surface area contributed by atoms with E-state index in [9.17, 15) is 0 Å². The number of ether oxygens (including phenoxy) is 1. The maximum absolute atomic E-state index is 6.51. The van der Waals surface area contributed by atoms with Gasteiger partial charge in [-0.3, -0.25) is 0 Å². The molecular formula is C22H34N6O. The standard InChI is InChI=1S/C22H34N6O/c1-16-15-27(13-12-23-16)19-14-20(29-18-10-6-3-7-11-18)28-22(24-19)25-21(26-28)17-8-4-2-5-9-17/h14,16-18,23H,2-13,15H2,1H3. The van der Waals surface area contributed by atoms with Crippen molar-refractivity contribution < 1.29 is 4.74 Å². The van der Waals surface area contributed by atoms with Crippen LogP contribution in [0, 0.1) is 0 Å². The Morgan fingerprint density at radius 3 is 2.52 bits per heavy atom. The van der Waals surface area contributed by atoms with E-state index in [1.807, 2.05) is 4.52 Å². The van der Waals surface area contributed by atoms with Crippen molar-refractivity contribution >= 4 is 11.6 Å². The maximum Gasteiger partial charge on any atom is 0.257 e. The van der Waals surface area contributed by atoms with Crippen LogP contribution in [0.25, 0.3) is 5.78 Å². The number of hydrogen-bond acceptors (Lipinski definition) is 6. The molecule has 3 fully saturated rings. The topological polar surface area (TPSA) is 67.6 Å². The van der Waals surface area contributed by atoms with E-state index >= 15 is 0 Å². The van der Waals surface area contributed by atoms with E-state index in [2.05, 4.69) is 23.2 Å². The van der Waals surface area contributed by atoms with Crippen LogP contribution in [0.4, 0.5) is 5.82 Å². The Hall–Kier alpha value is -1.89. The number of anilines is 1. The first-order valence-corrected chi connectivity index (χ1v) is 11.7. The normalized spacial score (nSPS) is 24.9. The summed E-state index contributed by atoms with van der Waals surface area (Å²) in [7, 11) is 0. The van der Waals surface area contributed by atoms with E-state index in [1.54, 1.807) is 0 Å². The van der Waals surface area contributed by atoms with Crippen molar-refractivity contribution in [1.82, 2.24) is 24.9 Å². The zero-order chi connectivity index (χ0) is 19.6. The molecule has 7 heteroatoms. The summed E-state index contributed by atoms with van der Waals surface area (Å²) in [5, 5.41) is 8.40. The third-order valence-corrected chi connectivity index (χ3v) is 6.79. The summed E-state index contributed by atoms with van der Waals surface area (Å²) in [6, 6.07) is 2.55. The minimum Gasteiger partial charge on any atom is -0.474 e. The van der Waals surface area contributed by atoms with Gasteiger partial charge in [0.15, 0.2) is 5.82 Å². The summed E-state index contributed by atoms with van der Waals surface area (Å²) in [6.07, 6.45) is 12.7. The van der Waals surface area contributed by atoms with Crippen LogP contribution in [-0.4, -0.2) is 51.4 Å². The van der Waals surface area contributed by atoms with Crippen molar-refractivity contribution in [3.63, 3.8) is 0 Å². The van der Waals surface area contributed by atoms with Gasteiger partial charge in [0.05, 0.1) is 0 Å². The summed E-state index contributed by atoms with van der Waals surface area (Å²) in [6.45, 7) is 5.12. The second kappa shape index (κ2) is 8.46. The Balaban J connectivity index is 1.49. The zero-order valence-electron chi connectivity index (χ0n) is 17.6.